The maximum Gasteiger partial charge on any atom is 0.219 e. The van der Waals surface area contributed by atoms with Crippen LogP contribution in [0.15, 0.2) is 18.2 Å². The quantitative estimate of drug-likeness (QED) is 0.854. The standard InChI is InChI=1S/C20H30N2O/c1-15-4-5-19(16(2)12-15)13-21-9-6-20(14-21)18-7-10-22(11-8-18)17(3)23/h4-5,12,18,20H,6-11,13-14H2,1-3H3. The van der Waals surface area contributed by atoms with Crippen LogP contribution in [0.5, 0.6) is 0 Å². The van der Waals surface area contributed by atoms with Crippen LogP contribution in [0.3, 0.4) is 0 Å². The molecule has 1 amide bonds. The Balaban J connectivity index is 1.52. The number of amides is 1. The smallest absolute Gasteiger partial charge is 0.219 e. The van der Waals surface area contributed by atoms with Crippen molar-refractivity contribution in [1.82, 2.24) is 9.80 Å². The highest BCUT2D eigenvalue weighted by Crippen LogP contribution is 2.32. The van der Waals surface area contributed by atoms with Crippen molar-refractivity contribution in [1.29, 1.82) is 0 Å². The number of rotatable bonds is 3. The van der Waals surface area contributed by atoms with Crippen molar-refractivity contribution in [2.45, 2.75) is 46.6 Å². The molecule has 1 atom stereocenters. The fourth-order valence-electron chi connectivity index (χ4n) is 4.34. The summed E-state index contributed by atoms with van der Waals surface area (Å²) in [6.07, 6.45) is 3.72. The Morgan fingerprint density at radius 2 is 1.78 bits per heavy atom. The van der Waals surface area contributed by atoms with Crippen molar-refractivity contribution < 1.29 is 4.79 Å². The van der Waals surface area contributed by atoms with Gasteiger partial charge in [-0.2, -0.15) is 0 Å². The van der Waals surface area contributed by atoms with E-state index in [-0.39, 0.29) is 5.91 Å². The van der Waals surface area contributed by atoms with Gasteiger partial charge in [-0.25, -0.2) is 0 Å². The van der Waals surface area contributed by atoms with E-state index in [0.717, 1.165) is 31.5 Å². The monoisotopic (exact) mass is 314 g/mol. The molecule has 126 valence electrons. The van der Waals surface area contributed by atoms with Gasteiger partial charge >= 0.3 is 0 Å². The molecule has 3 nitrogen and oxygen atoms in total. The highest BCUT2D eigenvalue weighted by atomic mass is 16.2. The van der Waals surface area contributed by atoms with Gasteiger partial charge in [0, 0.05) is 33.1 Å². The summed E-state index contributed by atoms with van der Waals surface area (Å²) in [5.74, 6) is 1.89. The molecule has 2 fully saturated rings. The number of nitrogens with zero attached hydrogens (tertiary/aromatic N) is 2. The Bertz CT molecular complexity index is 561. The second-order valence-electron chi connectivity index (χ2n) is 7.56. The predicted molar refractivity (Wildman–Crippen MR) is 94.3 cm³/mol. The number of piperidine rings is 1. The van der Waals surface area contributed by atoms with Crippen molar-refractivity contribution in [3.63, 3.8) is 0 Å². The number of carbonyl (C=O) groups excluding carboxylic acids is 1. The molecule has 2 aliphatic rings. The number of carbonyl (C=O) groups is 1. The molecule has 2 saturated heterocycles. The molecule has 2 aliphatic heterocycles. The zero-order valence-corrected chi connectivity index (χ0v) is 14.8. The van der Waals surface area contributed by atoms with Gasteiger partial charge < -0.3 is 4.90 Å². The van der Waals surface area contributed by atoms with Gasteiger partial charge in [0.25, 0.3) is 0 Å². The van der Waals surface area contributed by atoms with E-state index in [9.17, 15) is 4.79 Å². The van der Waals surface area contributed by atoms with Gasteiger partial charge in [-0.3, -0.25) is 9.69 Å². The van der Waals surface area contributed by atoms with Crippen LogP contribution in [-0.4, -0.2) is 41.9 Å². The van der Waals surface area contributed by atoms with E-state index in [1.165, 1.54) is 49.0 Å². The molecule has 0 radical (unpaired) electrons. The van der Waals surface area contributed by atoms with Crippen molar-refractivity contribution in [2.75, 3.05) is 26.2 Å². The van der Waals surface area contributed by atoms with Gasteiger partial charge in [0.2, 0.25) is 5.91 Å². The second-order valence-corrected chi connectivity index (χ2v) is 7.56. The number of aryl methyl sites for hydroxylation is 2. The van der Waals surface area contributed by atoms with E-state index in [1.54, 1.807) is 6.92 Å². The maximum atomic E-state index is 11.5. The lowest BCUT2D eigenvalue weighted by Crippen LogP contribution is -2.39. The van der Waals surface area contributed by atoms with Gasteiger partial charge in [0.05, 0.1) is 0 Å². The molecule has 1 aromatic rings. The van der Waals surface area contributed by atoms with Crippen LogP contribution in [0.25, 0.3) is 0 Å². The average Bonchev–Trinajstić information content (AvgIpc) is 2.99. The molecule has 3 heteroatoms. The first-order valence-corrected chi connectivity index (χ1v) is 9.07. The molecule has 0 aliphatic carbocycles. The maximum absolute atomic E-state index is 11.5. The first kappa shape index (κ1) is 16.5. The van der Waals surface area contributed by atoms with Gasteiger partial charge in [0.15, 0.2) is 0 Å². The third kappa shape index (κ3) is 3.95. The van der Waals surface area contributed by atoms with Crippen LogP contribution >= 0.6 is 0 Å². The number of benzene rings is 1. The van der Waals surface area contributed by atoms with Crippen molar-refractivity contribution in [2.24, 2.45) is 11.8 Å². The molecule has 1 unspecified atom stereocenters. The molecule has 0 bridgehead atoms. The molecule has 23 heavy (non-hydrogen) atoms. The summed E-state index contributed by atoms with van der Waals surface area (Å²) in [7, 11) is 0. The van der Waals surface area contributed by atoms with Gasteiger partial charge in [-0.1, -0.05) is 23.8 Å². The zero-order chi connectivity index (χ0) is 16.4. The van der Waals surface area contributed by atoms with Crippen molar-refractivity contribution in [3.8, 4) is 0 Å². The van der Waals surface area contributed by atoms with Crippen LogP contribution in [0.4, 0.5) is 0 Å². The van der Waals surface area contributed by atoms with E-state index in [0.29, 0.717) is 0 Å². The summed E-state index contributed by atoms with van der Waals surface area (Å²) in [6.45, 7) is 11.6. The second kappa shape index (κ2) is 7.04. The highest BCUT2D eigenvalue weighted by Gasteiger charge is 2.32. The molecular formula is C20H30N2O. The number of hydrogen-bond donors (Lipinski definition) is 0. The van der Waals surface area contributed by atoms with Gasteiger partial charge in [0.1, 0.15) is 0 Å². The molecule has 3 rings (SSSR count). The molecule has 1 aromatic carbocycles. The number of hydrogen-bond acceptors (Lipinski definition) is 2. The van der Waals surface area contributed by atoms with E-state index in [1.807, 2.05) is 4.90 Å². The minimum Gasteiger partial charge on any atom is -0.343 e. The van der Waals surface area contributed by atoms with Crippen molar-refractivity contribution in [3.05, 3.63) is 34.9 Å². The topological polar surface area (TPSA) is 23.6 Å². The Labute approximate surface area is 140 Å². The van der Waals surface area contributed by atoms with Crippen molar-refractivity contribution >= 4 is 5.91 Å². The normalized spacial score (nSPS) is 23.4. The summed E-state index contributed by atoms with van der Waals surface area (Å²) >= 11 is 0. The summed E-state index contributed by atoms with van der Waals surface area (Å²) in [5, 5.41) is 0. The lowest BCUT2D eigenvalue weighted by Gasteiger charge is -2.34. The van der Waals surface area contributed by atoms with E-state index < -0.39 is 0 Å². The largest absolute Gasteiger partial charge is 0.343 e. The fourth-order valence-corrected chi connectivity index (χ4v) is 4.34. The van der Waals surface area contributed by atoms with E-state index in [4.69, 9.17) is 0 Å². The molecule has 0 saturated carbocycles. The van der Waals surface area contributed by atoms with E-state index in [2.05, 4.69) is 36.9 Å². The molecule has 0 aromatic heterocycles. The Kier molecular flexibility index (Phi) is 5.05. The lowest BCUT2D eigenvalue weighted by molar-refractivity contribution is -0.130. The lowest BCUT2D eigenvalue weighted by atomic mass is 9.84. The summed E-state index contributed by atoms with van der Waals surface area (Å²) in [4.78, 5) is 16.1. The first-order chi connectivity index (χ1) is 11.0. The highest BCUT2D eigenvalue weighted by molar-refractivity contribution is 5.73. The van der Waals surface area contributed by atoms with Crippen LogP contribution < -0.4 is 0 Å². The molecule has 0 spiro atoms. The third-order valence-electron chi connectivity index (χ3n) is 5.85. The molecule has 0 N–H and O–H groups in total. The minimum atomic E-state index is 0.242. The van der Waals surface area contributed by atoms with Gasteiger partial charge in [-0.05, 0) is 62.6 Å². The Hall–Kier alpha value is -1.35. The average molecular weight is 314 g/mol. The summed E-state index contributed by atoms with van der Waals surface area (Å²) in [6, 6.07) is 6.82. The SMILES string of the molecule is CC(=O)N1CCC(C2CCN(Cc3ccc(C)cc3C)C2)CC1. The van der Waals surface area contributed by atoms with Gasteiger partial charge in [-0.15, -0.1) is 0 Å². The minimum absolute atomic E-state index is 0.242. The van der Waals surface area contributed by atoms with E-state index >= 15 is 0 Å². The first-order valence-electron chi connectivity index (χ1n) is 9.07. The molecule has 2 heterocycles. The Morgan fingerprint density at radius 3 is 2.43 bits per heavy atom. The number of likely N-dealkylation sites (tertiary alicyclic amines) is 2. The fraction of sp³-hybridized carbons (Fsp3) is 0.650. The van der Waals surface area contributed by atoms with Crippen LogP contribution in [0, 0.1) is 25.7 Å². The van der Waals surface area contributed by atoms with Crippen LogP contribution in [0.2, 0.25) is 0 Å². The summed E-state index contributed by atoms with van der Waals surface area (Å²) in [5.41, 5.74) is 4.24. The predicted octanol–water partition coefficient (Wildman–Crippen LogP) is 3.38. The third-order valence-corrected chi connectivity index (χ3v) is 5.85. The van der Waals surface area contributed by atoms with Crippen LogP contribution in [-0.2, 0) is 11.3 Å². The Morgan fingerprint density at radius 1 is 1.09 bits per heavy atom. The zero-order valence-electron chi connectivity index (χ0n) is 14.8. The van der Waals surface area contributed by atoms with Crippen LogP contribution in [0.1, 0.15) is 42.9 Å². The summed E-state index contributed by atoms with van der Waals surface area (Å²) < 4.78 is 0. The molecular weight excluding hydrogens is 284 g/mol.